The minimum Gasteiger partial charge on any atom is -0.350 e. The van der Waals surface area contributed by atoms with Crippen LogP contribution in [0.1, 0.15) is 15.2 Å². The summed E-state index contributed by atoms with van der Waals surface area (Å²) in [4.78, 5) is 23.6. The van der Waals surface area contributed by atoms with E-state index < -0.39 is 0 Å². The quantitative estimate of drug-likeness (QED) is 0.735. The Morgan fingerprint density at radius 2 is 2.28 bits per heavy atom. The van der Waals surface area contributed by atoms with Gasteiger partial charge in [0.05, 0.1) is 17.6 Å². The molecule has 0 unspecified atom stereocenters. The van der Waals surface area contributed by atoms with Crippen molar-refractivity contribution >= 4 is 23.2 Å². The van der Waals surface area contributed by atoms with Crippen LogP contribution in [0.25, 0.3) is 0 Å². The summed E-state index contributed by atoms with van der Waals surface area (Å²) in [5.74, 6) is -0.468. The van der Waals surface area contributed by atoms with Gasteiger partial charge in [-0.2, -0.15) is 5.10 Å². The van der Waals surface area contributed by atoms with E-state index in [0.717, 1.165) is 5.56 Å². The van der Waals surface area contributed by atoms with Crippen LogP contribution in [0.3, 0.4) is 0 Å². The van der Waals surface area contributed by atoms with Crippen molar-refractivity contribution in [3.63, 3.8) is 0 Å². The third kappa shape index (κ3) is 3.42. The number of aromatic nitrogens is 2. The lowest BCUT2D eigenvalue weighted by atomic mass is 10.3. The van der Waals surface area contributed by atoms with Crippen molar-refractivity contribution in [2.24, 2.45) is 0 Å². The van der Waals surface area contributed by atoms with Crippen LogP contribution in [-0.4, -0.2) is 28.6 Å². The second-order valence-electron chi connectivity index (χ2n) is 3.54. The molecule has 0 aliphatic heterocycles. The van der Waals surface area contributed by atoms with Crippen molar-refractivity contribution in [1.29, 1.82) is 0 Å². The first kappa shape index (κ1) is 12.3. The van der Waals surface area contributed by atoms with Crippen molar-refractivity contribution in [3.05, 3.63) is 40.3 Å². The fourth-order valence-corrected chi connectivity index (χ4v) is 1.93. The van der Waals surface area contributed by atoms with Gasteiger partial charge in [0, 0.05) is 18.3 Å². The molecule has 2 aromatic heterocycles. The molecule has 6 nitrogen and oxygen atoms in total. The maximum atomic E-state index is 11.5. The molecule has 2 rings (SSSR count). The van der Waals surface area contributed by atoms with Crippen LogP contribution in [0.15, 0.2) is 29.9 Å². The zero-order chi connectivity index (χ0) is 12.8. The topological polar surface area (TPSA) is 86.9 Å². The zero-order valence-corrected chi connectivity index (χ0v) is 10.3. The Morgan fingerprint density at radius 3 is 2.94 bits per heavy atom. The molecule has 2 aromatic rings. The molecule has 18 heavy (non-hydrogen) atoms. The highest BCUT2D eigenvalue weighted by atomic mass is 32.1. The van der Waals surface area contributed by atoms with E-state index >= 15 is 0 Å². The standard InChI is InChI=1S/C11H12N4O2S/c16-10(12-4-8-5-14-15-6-8)7-13-11(17)9-2-1-3-18-9/h1-3,5-6H,4,7H2,(H,12,16)(H,13,17)(H,14,15). The molecule has 0 saturated carbocycles. The van der Waals surface area contributed by atoms with Crippen molar-refractivity contribution in [2.45, 2.75) is 6.54 Å². The molecular formula is C11H12N4O2S. The fourth-order valence-electron chi connectivity index (χ4n) is 1.29. The van der Waals surface area contributed by atoms with Gasteiger partial charge in [0.2, 0.25) is 5.91 Å². The minimum absolute atomic E-state index is 0.0332. The second kappa shape index (κ2) is 5.97. The molecule has 0 aliphatic carbocycles. The van der Waals surface area contributed by atoms with Gasteiger partial charge in [-0.3, -0.25) is 14.7 Å². The predicted octanol–water partition coefficient (Wildman–Crippen LogP) is 0.517. The minimum atomic E-state index is -0.235. The van der Waals surface area contributed by atoms with Gasteiger partial charge in [-0.25, -0.2) is 0 Å². The fraction of sp³-hybridized carbons (Fsp3) is 0.182. The Bertz CT molecular complexity index is 507. The van der Waals surface area contributed by atoms with E-state index in [1.54, 1.807) is 24.5 Å². The summed E-state index contributed by atoms with van der Waals surface area (Å²) in [5, 5.41) is 13.5. The number of H-pyrrole nitrogens is 1. The average molecular weight is 264 g/mol. The molecule has 0 radical (unpaired) electrons. The van der Waals surface area contributed by atoms with Crippen molar-refractivity contribution in [1.82, 2.24) is 20.8 Å². The number of nitrogens with one attached hydrogen (secondary N) is 3. The van der Waals surface area contributed by atoms with E-state index in [2.05, 4.69) is 20.8 Å². The van der Waals surface area contributed by atoms with Crippen molar-refractivity contribution < 1.29 is 9.59 Å². The molecule has 94 valence electrons. The number of carbonyl (C=O) groups excluding carboxylic acids is 2. The van der Waals surface area contributed by atoms with Crippen LogP contribution >= 0.6 is 11.3 Å². The van der Waals surface area contributed by atoms with Crippen molar-refractivity contribution in [3.8, 4) is 0 Å². The summed E-state index contributed by atoms with van der Waals surface area (Å²) in [6, 6.07) is 3.50. The van der Waals surface area contributed by atoms with Crippen LogP contribution < -0.4 is 10.6 Å². The first-order valence-electron chi connectivity index (χ1n) is 5.32. The molecule has 7 heteroatoms. The monoisotopic (exact) mass is 264 g/mol. The number of rotatable bonds is 5. The number of aromatic amines is 1. The number of nitrogens with zero attached hydrogens (tertiary/aromatic N) is 1. The van der Waals surface area contributed by atoms with E-state index in [4.69, 9.17) is 0 Å². The van der Waals surface area contributed by atoms with Crippen LogP contribution in [0, 0.1) is 0 Å². The number of carbonyl (C=O) groups is 2. The SMILES string of the molecule is O=C(CNC(=O)c1cccs1)NCc1cn[nH]c1. The predicted molar refractivity (Wildman–Crippen MR) is 67.1 cm³/mol. The third-order valence-corrected chi connectivity index (χ3v) is 3.07. The third-order valence-electron chi connectivity index (χ3n) is 2.20. The lowest BCUT2D eigenvalue weighted by molar-refractivity contribution is -0.120. The van der Waals surface area contributed by atoms with Gasteiger partial charge in [-0.05, 0) is 11.4 Å². The molecular weight excluding hydrogens is 252 g/mol. The summed E-state index contributed by atoms with van der Waals surface area (Å²) < 4.78 is 0. The average Bonchev–Trinajstić information content (AvgIpc) is 3.05. The normalized spacial score (nSPS) is 10.0. The molecule has 2 amide bonds. The number of hydrogen-bond donors (Lipinski definition) is 3. The van der Waals surface area contributed by atoms with Gasteiger partial charge < -0.3 is 10.6 Å². The van der Waals surface area contributed by atoms with E-state index in [9.17, 15) is 9.59 Å². The summed E-state index contributed by atoms with van der Waals surface area (Å²) in [5.41, 5.74) is 0.882. The molecule has 3 N–H and O–H groups in total. The maximum Gasteiger partial charge on any atom is 0.261 e. The van der Waals surface area contributed by atoms with Crippen LogP contribution in [0.2, 0.25) is 0 Å². The van der Waals surface area contributed by atoms with Gasteiger partial charge in [0.25, 0.3) is 5.91 Å². The largest absolute Gasteiger partial charge is 0.350 e. The molecule has 0 aliphatic rings. The summed E-state index contributed by atoms with van der Waals surface area (Å²) in [6.07, 6.45) is 3.33. The molecule has 0 atom stereocenters. The highest BCUT2D eigenvalue weighted by molar-refractivity contribution is 7.12. The summed E-state index contributed by atoms with van der Waals surface area (Å²) in [7, 11) is 0. The van der Waals surface area contributed by atoms with Crippen LogP contribution in [0.5, 0.6) is 0 Å². The molecule has 0 bridgehead atoms. The van der Waals surface area contributed by atoms with Gasteiger partial charge in [-0.1, -0.05) is 6.07 Å². The Kier molecular flexibility index (Phi) is 4.08. The highest BCUT2D eigenvalue weighted by Crippen LogP contribution is 2.07. The zero-order valence-electron chi connectivity index (χ0n) is 9.47. The molecule has 0 spiro atoms. The smallest absolute Gasteiger partial charge is 0.261 e. The van der Waals surface area contributed by atoms with E-state index in [1.165, 1.54) is 11.3 Å². The Morgan fingerprint density at radius 1 is 1.39 bits per heavy atom. The first-order valence-corrected chi connectivity index (χ1v) is 6.20. The highest BCUT2D eigenvalue weighted by Gasteiger charge is 2.08. The van der Waals surface area contributed by atoms with Crippen molar-refractivity contribution in [2.75, 3.05) is 6.54 Å². The number of hydrogen-bond acceptors (Lipinski definition) is 4. The van der Waals surface area contributed by atoms with Gasteiger partial charge in [0.1, 0.15) is 0 Å². The van der Waals surface area contributed by atoms with E-state index in [0.29, 0.717) is 11.4 Å². The summed E-state index contributed by atoms with van der Waals surface area (Å²) >= 11 is 1.34. The Labute approximate surface area is 107 Å². The van der Waals surface area contributed by atoms with Gasteiger partial charge in [0.15, 0.2) is 0 Å². The first-order chi connectivity index (χ1) is 8.75. The molecule has 0 fully saturated rings. The van der Waals surface area contributed by atoms with Crippen LogP contribution in [-0.2, 0) is 11.3 Å². The maximum absolute atomic E-state index is 11.5. The number of amides is 2. The summed E-state index contributed by atoms with van der Waals surface area (Å²) in [6.45, 7) is 0.360. The van der Waals surface area contributed by atoms with Gasteiger partial charge >= 0.3 is 0 Å². The Hall–Kier alpha value is -2.15. The lowest BCUT2D eigenvalue weighted by Gasteiger charge is -2.04. The molecule has 2 heterocycles. The van der Waals surface area contributed by atoms with Gasteiger partial charge in [-0.15, -0.1) is 11.3 Å². The number of thiophene rings is 1. The second-order valence-corrected chi connectivity index (χ2v) is 4.49. The molecule has 0 saturated heterocycles. The van der Waals surface area contributed by atoms with Crippen LogP contribution in [0.4, 0.5) is 0 Å². The Balaban J connectivity index is 1.70. The van der Waals surface area contributed by atoms with E-state index in [-0.39, 0.29) is 18.4 Å². The van der Waals surface area contributed by atoms with E-state index in [1.807, 2.05) is 5.38 Å². The molecule has 0 aromatic carbocycles. The lowest BCUT2D eigenvalue weighted by Crippen LogP contribution is -2.36.